The molecule has 1 heterocycles. The normalized spacial score (nSPS) is 13.5. The van der Waals surface area contributed by atoms with Gasteiger partial charge in [0, 0.05) is 44.2 Å². The Kier molecular flexibility index (Phi) is 6.12. The number of benzene rings is 3. The first kappa shape index (κ1) is 20.8. The second-order valence-corrected chi connectivity index (χ2v) is 8.28. The molecule has 1 atom stereocenters. The van der Waals surface area contributed by atoms with Gasteiger partial charge in [0.15, 0.2) is 0 Å². The van der Waals surface area contributed by atoms with Gasteiger partial charge in [-0.15, -0.1) is 0 Å². The van der Waals surface area contributed by atoms with Gasteiger partial charge in [0.2, 0.25) is 0 Å². The van der Waals surface area contributed by atoms with Gasteiger partial charge in [-0.2, -0.15) is 0 Å². The van der Waals surface area contributed by atoms with Crippen LogP contribution in [0.25, 0.3) is 0 Å². The summed E-state index contributed by atoms with van der Waals surface area (Å²) >= 11 is 0. The molecule has 1 unspecified atom stereocenters. The number of para-hydroxylation sites is 1. The lowest BCUT2D eigenvalue weighted by atomic mass is 10.0. The Morgan fingerprint density at radius 3 is 2.55 bits per heavy atom. The number of fused-ring (bicyclic) bond motifs is 1. The molecular formula is C26H30N4O. The van der Waals surface area contributed by atoms with Crippen molar-refractivity contribution in [2.45, 2.75) is 19.4 Å². The number of anilines is 3. The topological polar surface area (TPSA) is 47.6 Å². The molecule has 5 nitrogen and oxygen atoms in total. The molecule has 1 aliphatic heterocycles. The Morgan fingerprint density at radius 1 is 1.03 bits per heavy atom. The van der Waals surface area contributed by atoms with Crippen molar-refractivity contribution >= 4 is 23.1 Å². The van der Waals surface area contributed by atoms with Crippen LogP contribution in [0.4, 0.5) is 21.9 Å². The van der Waals surface area contributed by atoms with Gasteiger partial charge in [-0.05, 0) is 60.4 Å². The SMILES string of the molecule is Cc1cccc(NC(=O)NCC(c2ccc(N(C)C)cc2)N2CCc3ccccc32)c1. The van der Waals surface area contributed by atoms with Crippen LogP contribution >= 0.6 is 0 Å². The van der Waals surface area contributed by atoms with Crippen LogP contribution in [0.5, 0.6) is 0 Å². The molecule has 3 aromatic carbocycles. The van der Waals surface area contributed by atoms with Crippen molar-refractivity contribution in [3.8, 4) is 0 Å². The van der Waals surface area contributed by atoms with E-state index in [9.17, 15) is 4.79 Å². The lowest BCUT2D eigenvalue weighted by Gasteiger charge is -2.31. The maximum atomic E-state index is 12.6. The van der Waals surface area contributed by atoms with E-state index in [0.29, 0.717) is 6.54 Å². The molecule has 0 spiro atoms. The number of hydrogen-bond acceptors (Lipinski definition) is 3. The molecular weight excluding hydrogens is 384 g/mol. The van der Waals surface area contributed by atoms with Crippen molar-refractivity contribution in [3.05, 3.63) is 89.5 Å². The number of rotatable bonds is 6. The lowest BCUT2D eigenvalue weighted by Crippen LogP contribution is -2.39. The van der Waals surface area contributed by atoms with E-state index in [1.165, 1.54) is 16.8 Å². The predicted octanol–water partition coefficient (Wildman–Crippen LogP) is 4.99. The predicted molar refractivity (Wildman–Crippen MR) is 129 cm³/mol. The van der Waals surface area contributed by atoms with Crippen molar-refractivity contribution in [2.75, 3.05) is 42.3 Å². The molecule has 0 fully saturated rings. The van der Waals surface area contributed by atoms with Crippen LogP contribution in [0.2, 0.25) is 0 Å². The van der Waals surface area contributed by atoms with Gasteiger partial charge in [0.05, 0.1) is 6.04 Å². The van der Waals surface area contributed by atoms with E-state index in [0.717, 1.165) is 29.9 Å². The van der Waals surface area contributed by atoms with Crippen molar-refractivity contribution in [3.63, 3.8) is 0 Å². The van der Waals surface area contributed by atoms with E-state index in [-0.39, 0.29) is 12.1 Å². The average Bonchev–Trinajstić information content (AvgIpc) is 3.18. The zero-order valence-corrected chi connectivity index (χ0v) is 18.4. The van der Waals surface area contributed by atoms with Gasteiger partial charge >= 0.3 is 6.03 Å². The van der Waals surface area contributed by atoms with Crippen molar-refractivity contribution in [1.29, 1.82) is 0 Å². The number of hydrogen-bond donors (Lipinski definition) is 2. The third-order valence-electron chi connectivity index (χ3n) is 5.83. The molecule has 31 heavy (non-hydrogen) atoms. The molecule has 0 saturated carbocycles. The highest BCUT2D eigenvalue weighted by Crippen LogP contribution is 2.35. The highest BCUT2D eigenvalue weighted by atomic mass is 16.2. The Morgan fingerprint density at radius 2 is 1.81 bits per heavy atom. The van der Waals surface area contributed by atoms with Crippen molar-refractivity contribution in [1.82, 2.24) is 5.32 Å². The van der Waals surface area contributed by atoms with Gasteiger partial charge in [-0.1, -0.05) is 42.5 Å². The number of urea groups is 1. The Hall–Kier alpha value is -3.47. The monoisotopic (exact) mass is 414 g/mol. The Labute approximate surface area is 184 Å². The van der Waals surface area contributed by atoms with E-state index in [1.54, 1.807) is 0 Å². The maximum absolute atomic E-state index is 12.6. The number of amides is 2. The van der Waals surface area contributed by atoms with E-state index >= 15 is 0 Å². The molecule has 2 amide bonds. The standard InChI is InChI=1S/C26H30N4O/c1-19-7-6-9-22(17-19)28-26(31)27-18-25(21-11-13-23(14-12-21)29(2)3)30-16-15-20-8-4-5-10-24(20)30/h4-14,17,25H,15-16,18H2,1-3H3,(H2,27,28,31). The minimum absolute atomic E-state index is 0.0584. The van der Waals surface area contributed by atoms with Gasteiger partial charge in [-0.3, -0.25) is 0 Å². The summed E-state index contributed by atoms with van der Waals surface area (Å²) in [4.78, 5) is 17.1. The molecule has 5 heteroatoms. The Bertz CT molecular complexity index is 1050. The van der Waals surface area contributed by atoms with E-state index in [4.69, 9.17) is 0 Å². The number of carbonyl (C=O) groups is 1. The molecule has 1 aliphatic rings. The van der Waals surface area contributed by atoms with Crippen molar-refractivity contribution in [2.24, 2.45) is 0 Å². The first-order valence-corrected chi connectivity index (χ1v) is 10.7. The molecule has 4 rings (SSSR count). The number of carbonyl (C=O) groups excluding carboxylic acids is 1. The summed E-state index contributed by atoms with van der Waals surface area (Å²) in [5.41, 5.74) is 6.89. The van der Waals surface area contributed by atoms with Crippen LogP contribution in [0.15, 0.2) is 72.8 Å². The van der Waals surface area contributed by atoms with E-state index < -0.39 is 0 Å². The smallest absolute Gasteiger partial charge is 0.319 e. The largest absolute Gasteiger partial charge is 0.378 e. The molecule has 160 valence electrons. The number of nitrogens with zero attached hydrogens (tertiary/aromatic N) is 2. The summed E-state index contributed by atoms with van der Waals surface area (Å²) in [5.74, 6) is 0. The first-order chi connectivity index (χ1) is 15.0. The lowest BCUT2D eigenvalue weighted by molar-refractivity contribution is 0.251. The average molecular weight is 415 g/mol. The van der Waals surface area contributed by atoms with Crippen molar-refractivity contribution < 1.29 is 4.79 Å². The van der Waals surface area contributed by atoms with E-state index in [2.05, 4.69) is 69.0 Å². The summed E-state index contributed by atoms with van der Waals surface area (Å²) in [5, 5.41) is 6.04. The van der Waals surface area contributed by atoms with Crippen LogP contribution in [-0.4, -0.2) is 33.2 Å². The van der Waals surface area contributed by atoms with Crippen LogP contribution < -0.4 is 20.4 Å². The highest BCUT2D eigenvalue weighted by Gasteiger charge is 2.27. The molecule has 2 N–H and O–H groups in total. The summed E-state index contributed by atoms with van der Waals surface area (Å²) in [6.45, 7) is 3.48. The second kappa shape index (κ2) is 9.13. The fourth-order valence-electron chi connectivity index (χ4n) is 4.18. The number of aryl methyl sites for hydroxylation is 1. The summed E-state index contributed by atoms with van der Waals surface area (Å²) in [6.07, 6.45) is 1.03. The van der Waals surface area contributed by atoms with Gasteiger partial charge in [-0.25, -0.2) is 4.79 Å². The van der Waals surface area contributed by atoms with Gasteiger partial charge < -0.3 is 20.4 Å². The molecule has 0 radical (unpaired) electrons. The zero-order chi connectivity index (χ0) is 21.8. The fourth-order valence-corrected chi connectivity index (χ4v) is 4.18. The summed E-state index contributed by atoms with van der Waals surface area (Å²) in [6, 6.07) is 24.9. The van der Waals surface area contributed by atoms with Gasteiger partial charge in [0.25, 0.3) is 0 Å². The van der Waals surface area contributed by atoms with E-state index in [1.807, 2.05) is 45.3 Å². The summed E-state index contributed by atoms with van der Waals surface area (Å²) < 4.78 is 0. The third-order valence-corrected chi connectivity index (χ3v) is 5.83. The van der Waals surface area contributed by atoms with Crippen LogP contribution in [0.1, 0.15) is 22.7 Å². The van der Waals surface area contributed by atoms with Crippen LogP contribution in [0.3, 0.4) is 0 Å². The number of nitrogens with one attached hydrogen (secondary N) is 2. The summed E-state index contributed by atoms with van der Waals surface area (Å²) in [7, 11) is 4.08. The molecule has 3 aromatic rings. The highest BCUT2D eigenvalue weighted by molar-refractivity contribution is 5.89. The second-order valence-electron chi connectivity index (χ2n) is 8.28. The maximum Gasteiger partial charge on any atom is 0.319 e. The third kappa shape index (κ3) is 4.82. The Balaban J connectivity index is 1.53. The van der Waals surface area contributed by atoms with Crippen LogP contribution in [0, 0.1) is 6.92 Å². The molecule has 0 bridgehead atoms. The zero-order valence-electron chi connectivity index (χ0n) is 18.4. The minimum atomic E-state index is -0.187. The first-order valence-electron chi connectivity index (χ1n) is 10.7. The molecule has 0 saturated heterocycles. The quantitative estimate of drug-likeness (QED) is 0.598. The van der Waals surface area contributed by atoms with Gasteiger partial charge in [0.1, 0.15) is 0 Å². The minimum Gasteiger partial charge on any atom is -0.378 e. The fraction of sp³-hybridized carbons (Fsp3) is 0.269. The molecule has 0 aromatic heterocycles. The molecule has 0 aliphatic carbocycles. The van der Waals surface area contributed by atoms with Crippen LogP contribution in [-0.2, 0) is 6.42 Å².